The Morgan fingerprint density at radius 1 is 1.10 bits per heavy atom. The minimum absolute atomic E-state index is 0.0237. The molecular formula is C22H22N2O5S. The van der Waals surface area contributed by atoms with Gasteiger partial charge < -0.3 is 14.0 Å². The third kappa shape index (κ3) is 3.48. The lowest BCUT2D eigenvalue weighted by Crippen LogP contribution is -2.16. The predicted octanol–water partition coefficient (Wildman–Crippen LogP) is 3.46. The summed E-state index contributed by atoms with van der Waals surface area (Å²) in [6.07, 6.45) is 0.376. The van der Waals surface area contributed by atoms with Gasteiger partial charge in [-0.05, 0) is 49.4 Å². The van der Waals surface area contributed by atoms with Crippen molar-refractivity contribution in [1.82, 2.24) is 4.57 Å². The second kappa shape index (κ2) is 7.62. The molecule has 2 heterocycles. The Morgan fingerprint density at radius 2 is 1.80 bits per heavy atom. The van der Waals surface area contributed by atoms with Crippen LogP contribution >= 0.6 is 0 Å². The summed E-state index contributed by atoms with van der Waals surface area (Å²) in [5.74, 6) is 1.30. The monoisotopic (exact) mass is 426 g/mol. The van der Waals surface area contributed by atoms with E-state index in [9.17, 15) is 13.2 Å². The Morgan fingerprint density at radius 3 is 2.47 bits per heavy atom. The molecular weight excluding hydrogens is 404 g/mol. The van der Waals surface area contributed by atoms with Gasteiger partial charge in [0.25, 0.3) is 0 Å². The summed E-state index contributed by atoms with van der Waals surface area (Å²) in [6.45, 7) is 4.60. The molecule has 7 nitrogen and oxygen atoms in total. The van der Waals surface area contributed by atoms with Crippen LogP contribution in [0.1, 0.15) is 29.4 Å². The second-order valence-electron chi connectivity index (χ2n) is 7.01. The fourth-order valence-corrected chi connectivity index (χ4v) is 4.19. The lowest BCUT2D eigenvalue weighted by Gasteiger charge is -2.22. The first-order chi connectivity index (χ1) is 14.3. The molecule has 2 N–H and O–H groups in total. The van der Waals surface area contributed by atoms with Crippen LogP contribution in [-0.2, 0) is 10.0 Å². The number of rotatable bonds is 5. The van der Waals surface area contributed by atoms with Crippen LogP contribution in [0.15, 0.2) is 53.4 Å². The zero-order valence-corrected chi connectivity index (χ0v) is 17.5. The van der Waals surface area contributed by atoms with E-state index in [1.165, 1.54) is 12.1 Å². The lowest BCUT2D eigenvalue weighted by atomic mass is 10.1. The molecule has 0 saturated carbocycles. The first-order valence-electron chi connectivity index (χ1n) is 9.59. The molecule has 0 radical (unpaired) electrons. The Labute approximate surface area is 175 Å². The van der Waals surface area contributed by atoms with E-state index in [0.29, 0.717) is 42.4 Å². The molecule has 2 aromatic carbocycles. The van der Waals surface area contributed by atoms with Crippen molar-refractivity contribution in [2.45, 2.75) is 25.2 Å². The van der Waals surface area contributed by atoms with Gasteiger partial charge >= 0.3 is 0 Å². The van der Waals surface area contributed by atoms with Gasteiger partial charge in [0.05, 0.1) is 10.6 Å². The number of nitrogens with two attached hydrogens (primary N) is 1. The molecule has 156 valence electrons. The molecule has 0 aliphatic carbocycles. The van der Waals surface area contributed by atoms with Gasteiger partial charge in [-0.2, -0.15) is 0 Å². The van der Waals surface area contributed by atoms with Crippen LogP contribution in [0.5, 0.6) is 11.5 Å². The van der Waals surface area contributed by atoms with Crippen LogP contribution in [0.4, 0.5) is 0 Å². The van der Waals surface area contributed by atoms with Crippen molar-refractivity contribution in [3.63, 3.8) is 0 Å². The smallest absolute Gasteiger partial charge is 0.238 e. The van der Waals surface area contributed by atoms with Crippen molar-refractivity contribution < 1.29 is 22.7 Å². The maximum Gasteiger partial charge on any atom is 0.238 e. The maximum absolute atomic E-state index is 12.6. The third-order valence-electron chi connectivity index (χ3n) is 5.13. The molecule has 0 amide bonds. The molecule has 0 unspecified atom stereocenters. The highest BCUT2D eigenvalue weighted by atomic mass is 32.2. The number of ether oxygens (including phenoxy) is 2. The molecule has 0 atom stereocenters. The highest BCUT2D eigenvalue weighted by Crippen LogP contribution is 2.42. The summed E-state index contributed by atoms with van der Waals surface area (Å²) in [5, 5.41) is 5.22. The Hall–Kier alpha value is -3.10. The van der Waals surface area contributed by atoms with E-state index in [4.69, 9.17) is 14.6 Å². The molecule has 0 fully saturated rings. The summed E-state index contributed by atoms with van der Waals surface area (Å²) in [4.78, 5) is 12.6. The standard InChI is InChI=1S/C22H22N2O5S/c1-3-20(25)18-13-19(17-5-4-6-21-22(17)29-12-11-28-21)24(14(18)2)15-7-9-16(10-8-15)30(23,26)27/h4-10,13H,3,11-12H2,1-2H3,(H2,23,26,27). The van der Waals surface area contributed by atoms with Crippen molar-refractivity contribution in [3.05, 3.63) is 59.8 Å². The topological polar surface area (TPSA) is 101 Å². The molecule has 30 heavy (non-hydrogen) atoms. The van der Waals surface area contributed by atoms with Gasteiger partial charge in [-0.1, -0.05) is 13.0 Å². The van der Waals surface area contributed by atoms with E-state index in [2.05, 4.69) is 0 Å². The van der Waals surface area contributed by atoms with E-state index in [1.807, 2.05) is 42.7 Å². The number of ketones is 1. The predicted molar refractivity (Wildman–Crippen MR) is 113 cm³/mol. The second-order valence-corrected chi connectivity index (χ2v) is 8.57. The average molecular weight is 426 g/mol. The van der Waals surface area contributed by atoms with Crippen molar-refractivity contribution >= 4 is 15.8 Å². The lowest BCUT2D eigenvalue weighted by molar-refractivity contribution is 0.0987. The van der Waals surface area contributed by atoms with Gasteiger partial charge in [0.2, 0.25) is 10.0 Å². The number of hydrogen-bond acceptors (Lipinski definition) is 5. The molecule has 0 spiro atoms. The number of nitrogens with zero attached hydrogens (tertiary/aromatic N) is 1. The summed E-state index contributed by atoms with van der Waals surface area (Å²) in [7, 11) is -3.80. The van der Waals surface area contributed by atoms with Crippen LogP contribution in [0.3, 0.4) is 0 Å². The summed E-state index contributed by atoms with van der Waals surface area (Å²) < 4.78 is 36.8. The van der Waals surface area contributed by atoms with Crippen LogP contribution < -0.4 is 14.6 Å². The van der Waals surface area contributed by atoms with E-state index >= 15 is 0 Å². The molecule has 3 aromatic rings. The maximum atomic E-state index is 12.6. The molecule has 1 aliphatic rings. The quantitative estimate of drug-likeness (QED) is 0.630. The Balaban J connectivity index is 1.95. The number of benzene rings is 2. The highest BCUT2D eigenvalue weighted by molar-refractivity contribution is 7.89. The number of fused-ring (bicyclic) bond motifs is 1. The number of carbonyl (C=O) groups excluding carboxylic acids is 1. The summed E-state index contributed by atoms with van der Waals surface area (Å²) in [6, 6.07) is 13.7. The molecule has 1 aromatic heterocycles. The third-order valence-corrected chi connectivity index (χ3v) is 6.06. The zero-order valence-electron chi connectivity index (χ0n) is 16.7. The van der Waals surface area contributed by atoms with E-state index in [1.54, 1.807) is 12.1 Å². The largest absolute Gasteiger partial charge is 0.486 e. The molecule has 1 aliphatic heterocycles. The average Bonchev–Trinajstić information content (AvgIpc) is 3.09. The van der Waals surface area contributed by atoms with Gasteiger partial charge in [-0.15, -0.1) is 0 Å². The van der Waals surface area contributed by atoms with Crippen LogP contribution in [0, 0.1) is 6.92 Å². The molecule has 4 rings (SSSR count). The fourth-order valence-electron chi connectivity index (χ4n) is 3.67. The number of carbonyl (C=O) groups is 1. The zero-order chi connectivity index (χ0) is 21.5. The first-order valence-corrected chi connectivity index (χ1v) is 11.1. The van der Waals surface area contributed by atoms with Crippen molar-refractivity contribution in [2.24, 2.45) is 5.14 Å². The van der Waals surface area contributed by atoms with Crippen molar-refractivity contribution in [1.29, 1.82) is 0 Å². The van der Waals surface area contributed by atoms with E-state index < -0.39 is 10.0 Å². The normalized spacial score (nSPS) is 13.3. The van der Waals surface area contributed by atoms with Crippen molar-refractivity contribution in [2.75, 3.05) is 13.2 Å². The fraction of sp³-hybridized carbons (Fsp3) is 0.227. The van der Waals surface area contributed by atoms with Gasteiger partial charge in [0, 0.05) is 28.9 Å². The number of hydrogen-bond donors (Lipinski definition) is 1. The van der Waals surface area contributed by atoms with Crippen molar-refractivity contribution in [3.8, 4) is 28.4 Å². The number of aromatic nitrogens is 1. The minimum Gasteiger partial charge on any atom is -0.486 e. The van der Waals surface area contributed by atoms with Crippen LogP contribution in [-0.4, -0.2) is 32.0 Å². The highest BCUT2D eigenvalue weighted by Gasteiger charge is 2.24. The number of para-hydroxylation sites is 1. The number of primary sulfonamides is 1. The van der Waals surface area contributed by atoms with Gasteiger partial charge in [0.1, 0.15) is 13.2 Å². The van der Waals surface area contributed by atoms with E-state index in [-0.39, 0.29) is 10.7 Å². The minimum atomic E-state index is -3.80. The number of Topliss-reactive ketones (excluding diaryl/α,β-unsaturated/α-hetero) is 1. The molecule has 8 heteroatoms. The first kappa shape index (κ1) is 20.2. The van der Waals surface area contributed by atoms with Crippen LogP contribution in [0.25, 0.3) is 16.9 Å². The summed E-state index contributed by atoms with van der Waals surface area (Å²) >= 11 is 0. The Bertz CT molecular complexity index is 1230. The van der Waals surface area contributed by atoms with Gasteiger partial charge in [0.15, 0.2) is 17.3 Å². The summed E-state index contributed by atoms with van der Waals surface area (Å²) in [5.41, 5.74) is 3.63. The van der Waals surface area contributed by atoms with Gasteiger partial charge in [-0.25, -0.2) is 13.6 Å². The van der Waals surface area contributed by atoms with Crippen LogP contribution in [0.2, 0.25) is 0 Å². The SMILES string of the molecule is CCC(=O)c1cc(-c2cccc3c2OCCO3)n(-c2ccc(S(N)(=O)=O)cc2)c1C. The Kier molecular flexibility index (Phi) is 5.13. The van der Waals surface area contributed by atoms with Gasteiger partial charge in [-0.3, -0.25) is 4.79 Å². The van der Waals surface area contributed by atoms with E-state index in [0.717, 1.165) is 17.0 Å². The molecule has 0 bridgehead atoms. The number of sulfonamides is 1. The molecule has 0 saturated heterocycles.